The summed E-state index contributed by atoms with van der Waals surface area (Å²) in [4.78, 5) is 11.0. The summed E-state index contributed by atoms with van der Waals surface area (Å²) < 4.78 is 5.52. The molecule has 1 aromatic carbocycles. The van der Waals surface area contributed by atoms with E-state index < -0.39 is 11.4 Å². The van der Waals surface area contributed by atoms with Gasteiger partial charge in [-0.25, -0.2) is 0 Å². The summed E-state index contributed by atoms with van der Waals surface area (Å²) in [7, 11) is 1.66. The zero-order chi connectivity index (χ0) is 15.7. The zero-order valence-electron chi connectivity index (χ0n) is 13.6. The van der Waals surface area contributed by atoms with Crippen molar-refractivity contribution in [2.45, 2.75) is 58.8 Å². The molecule has 0 bridgehead atoms. The summed E-state index contributed by atoms with van der Waals surface area (Å²) >= 11 is 0. The Morgan fingerprint density at radius 1 is 1.15 bits per heavy atom. The Bertz CT molecular complexity index is 508. The van der Waals surface area contributed by atoms with E-state index in [4.69, 9.17) is 9.84 Å². The van der Waals surface area contributed by atoms with Gasteiger partial charge in [-0.3, -0.25) is 4.79 Å². The van der Waals surface area contributed by atoms with E-state index in [1.54, 1.807) is 7.11 Å². The van der Waals surface area contributed by atoms with E-state index in [9.17, 15) is 4.79 Å². The quantitative estimate of drug-likeness (QED) is 0.903. The van der Waals surface area contributed by atoms with Crippen LogP contribution in [0, 0.1) is 6.92 Å². The largest absolute Gasteiger partial charge is 0.496 e. The highest BCUT2D eigenvalue weighted by Gasteiger charge is 2.29. The Hall–Kier alpha value is -1.51. The van der Waals surface area contributed by atoms with Crippen LogP contribution in [0.3, 0.4) is 0 Å². The van der Waals surface area contributed by atoms with Gasteiger partial charge >= 0.3 is 5.97 Å². The molecule has 0 aliphatic rings. The van der Waals surface area contributed by atoms with Crippen molar-refractivity contribution in [1.29, 1.82) is 0 Å². The van der Waals surface area contributed by atoms with Crippen LogP contribution in [0.1, 0.15) is 57.7 Å². The molecule has 0 aliphatic heterocycles. The molecule has 0 amide bonds. The van der Waals surface area contributed by atoms with Crippen LogP contribution in [-0.4, -0.2) is 18.2 Å². The minimum atomic E-state index is -0.784. The van der Waals surface area contributed by atoms with Gasteiger partial charge in [0.1, 0.15) is 5.75 Å². The van der Waals surface area contributed by atoms with E-state index in [-0.39, 0.29) is 11.8 Å². The fourth-order valence-corrected chi connectivity index (χ4v) is 2.65. The number of carboxylic acid groups (broad SMARTS) is 1. The molecule has 0 fully saturated rings. The molecule has 0 radical (unpaired) electrons. The highest BCUT2D eigenvalue weighted by Crippen LogP contribution is 2.38. The highest BCUT2D eigenvalue weighted by atomic mass is 16.5. The second-order valence-corrected chi connectivity index (χ2v) is 7.07. The number of hydrogen-bond donors (Lipinski definition) is 1. The topological polar surface area (TPSA) is 46.5 Å². The molecule has 1 rings (SSSR count). The van der Waals surface area contributed by atoms with Gasteiger partial charge < -0.3 is 9.84 Å². The second-order valence-electron chi connectivity index (χ2n) is 7.07. The number of aryl methyl sites for hydroxylation is 1. The van der Waals surface area contributed by atoms with E-state index in [2.05, 4.69) is 26.8 Å². The first-order chi connectivity index (χ1) is 8.99. The Labute approximate surface area is 122 Å². The molecular weight excluding hydrogens is 252 g/mol. The first-order valence-electron chi connectivity index (χ1n) is 6.90. The molecular formula is C17H26O3. The third kappa shape index (κ3) is 3.53. The first kappa shape index (κ1) is 16.5. The summed E-state index contributed by atoms with van der Waals surface area (Å²) in [6, 6.07) is 4.12. The number of carboxylic acids is 1. The standard InChI is InChI=1S/C17H26O3/c1-11-8-13(16(2,3)4)14(20-7)9-12(11)17(5,6)10-15(18)19/h8-9H,10H2,1-7H3,(H,18,19). The predicted molar refractivity (Wildman–Crippen MR) is 81.7 cm³/mol. The van der Waals surface area contributed by atoms with Crippen LogP contribution in [-0.2, 0) is 15.6 Å². The maximum absolute atomic E-state index is 11.0. The molecule has 1 N–H and O–H groups in total. The van der Waals surface area contributed by atoms with Gasteiger partial charge in [0, 0.05) is 5.41 Å². The van der Waals surface area contributed by atoms with Gasteiger partial charge in [-0.2, -0.15) is 0 Å². The van der Waals surface area contributed by atoms with Crippen LogP contribution >= 0.6 is 0 Å². The van der Waals surface area contributed by atoms with E-state index in [0.29, 0.717) is 0 Å². The summed E-state index contributed by atoms with van der Waals surface area (Å²) in [6.07, 6.45) is 0.103. The first-order valence-corrected chi connectivity index (χ1v) is 6.90. The lowest BCUT2D eigenvalue weighted by atomic mass is 9.76. The molecule has 0 aromatic heterocycles. The Balaban J connectivity index is 3.42. The van der Waals surface area contributed by atoms with Crippen molar-refractivity contribution < 1.29 is 14.6 Å². The number of hydrogen-bond acceptors (Lipinski definition) is 2. The van der Waals surface area contributed by atoms with Crippen molar-refractivity contribution in [2.75, 3.05) is 7.11 Å². The van der Waals surface area contributed by atoms with E-state index in [1.165, 1.54) is 0 Å². The summed E-state index contributed by atoms with van der Waals surface area (Å²) in [5.74, 6) is 0.0461. The average molecular weight is 278 g/mol. The molecule has 0 aliphatic carbocycles. The van der Waals surface area contributed by atoms with Crippen LogP contribution in [0.2, 0.25) is 0 Å². The average Bonchev–Trinajstić information content (AvgIpc) is 2.25. The monoisotopic (exact) mass is 278 g/mol. The van der Waals surface area contributed by atoms with Crippen LogP contribution in [0.25, 0.3) is 0 Å². The van der Waals surface area contributed by atoms with Crippen molar-refractivity contribution in [3.05, 3.63) is 28.8 Å². The molecule has 20 heavy (non-hydrogen) atoms. The van der Waals surface area contributed by atoms with Crippen LogP contribution < -0.4 is 4.74 Å². The third-order valence-corrected chi connectivity index (χ3v) is 3.68. The van der Waals surface area contributed by atoms with E-state index in [0.717, 1.165) is 22.4 Å². The third-order valence-electron chi connectivity index (χ3n) is 3.68. The maximum Gasteiger partial charge on any atom is 0.304 e. The number of ether oxygens (including phenoxy) is 1. The highest BCUT2D eigenvalue weighted by molar-refractivity contribution is 5.69. The minimum Gasteiger partial charge on any atom is -0.496 e. The van der Waals surface area contributed by atoms with Crippen LogP contribution in [0.15, 0.2) is 12.1 Å². The molecule has 0 saturated carbocycles. The van der Waals surface area contributed by atoms with Crippen molar-refractivity contribution in [2.24, 2.45) is 0 Å². The van der Waals surface area contributed by atoms with Crippen molar-refractivity contribution in [1.82, 2.24) is 0 Å². The number of benzene rings is 1. The zero-order valence-corrected chi connectivity index (χ0v) is 13.6. The lowest BCUT2D eigenvalue weighted by Crippen LogP contribution is -2.24. The fourth-order valence-electron chi connectivity index (χ4n) is 2.65. The molecule has 112 valence electrons. The molecule has 3 heteroatoms. The maximum atomic E-state index is 11.0. The molecule has 3 nitrogen and oxygen atoms in total. The van der Waals surface area contributed by atoms with Gasteiger partial charge in [-0.1, -0.05) is 40.7 Å². The number of rotatable bonds is 4. The number of methoxy groups -OCH3 is 1. The molecule has 0 atom stereocenters. The molecule has 0 spiro atoms. The van der Waals surface area contributed by atoms with Crippen LogP contribution in [0.4, 0.5) is 0 Å². The molecule has 0 unspecified atom stereocenters. The summed E-state index contributed by atoms with van der Waals surface area (Å²) in [5.41, 5.74) is 2.87. The van der Waals surface area contributed by atoms with Gasteiger partial charge in [0.15, 0.2) is 0 Å². The molecule has 1 aromatic rings. The Morgan fingerprint density at radius 2 is 1.70 bits per heavy atom. The van der Waals surface area contributed by atoms with Crippen molar-refractivity contribution >= 4 is 5.97 Å². The minimum absolute atomic E-state index is 0.00836. The lowest BCUT2D eigenvalue weighted by Gasteiger charge is -2.29. The molecule has 0 heterocycles. The van der Waals surface area contributed by atoms with E-state index in [1.807, 2.05) is 26.8 Å². The molecule has 0 saturated heterocycles. The normalized spacial score (nSPS) is 12.3. The summed E-state index contributed by atoms with van der Waals surface area (Å²) in [5, 5.41) is 9.08. The van der Waals surface area contributed by atoms with Gasteiger partial charge in [-0.05, 0) is 35.1 Å². The van der Waals surface area contributed by atoms with Gasteiger partial charge in [-0.15, -0.1) is 0 Å². The number of carbonyl (C=O) groups is 1. The predicted octanol–water partition coefficient (Wildman–Crippen LogP) is 4.05. The smallest absolute Gasteiger partial charge is 0.304 e. The van der Waals surface area contributed by atoms with Crippen molar-refractivity contribution in [3.8, 4) is 5.75 Å². The van der Waals surface area contributed by atoms with Crippen molar-refractivity contribution in [3.63, 3.8) is 0 Å². The van der Waals surface area contributed by atoms with Gasteiger partial charge in [0.25, 0.3) is 0 Å². The van der Waals surface area contributed by atoms with Gasteiger partial charge in [0.2, 0.25) is 0 Å². The Morgan fingerprint density at radius 3 is 2.10 bits per heavy atom. The second kappa shape index (κ2) is 5.47. The fraction of sp³-hybridized carbons (Fsp3) is 0.588. The number of aliphatic carboxylic acids is 1. The lowest BCUT2D eigenvalue weighted by molar-refractivity contribution is -0.138. The Kier molecular flexibility index (Phi) is 4.52. The van der Waals surface area contributed by atoms with Gasteiger partial charge in [0.05, 0.1) is 13.5 Å². The summed E-state index contributed by atoms with van der Waals surface area (Å²) in [6.45, 7) is 12.4. The van der Waals surface area contributed by atoms with E-state index >= 15 is 0 Å². The van der Waals surface area contributed by atoms with Crippen LogP contribution in [0.5, 0.6) is 5.75 Å². The SMILES string of the molecule is COc1cc(C(C)(C)CC(=O)O)c(C)cc1C(C)(C)C.